The molecular formula is C25H35N5O8. The maximum absolute atomic E-state index is 13.0. The van der Waals surface area contributed by atoms with Crippen LogP contribution in [-0.4, -0.2) is 77.2 Å². The van der Waals surface area contributed by atoms with Gasteiger partial charge in [-0.05, 0) is 50.8 Å². The number of carbonyl (C=O) groups excluding carboxylic acids is 4. The molecule has 38 heavy (non-hydrogen) atoms. The lowest BCUT2D eigenvalue weighted by Crippen LogP contribution is -2.62. The Bertz CT molecular complexity index is 1090. The molecule has 8 N–H and O–H groups in total. The van der Waals surface area contributed by atoms with E-state index in [1.54, 1.807) is 6.07 Å². The van der Waals surface area contributed by atoms with E-state index in [0.29, 0.717) is 24.8 Å². The number of nitrogens with two attached hydrogens (primary N) is 1. The molecule has 1 aromatic carbocycles. The average Bonchev–Trinajstić information content (AvgIpc) is 2.87. The van der Waals surface area contributed by atoms with E-state index < -0.39 is 42.0 Å². The van der Waals surface area contributed by atoms with Gasteiger partial charge in [0.25, 0.3) is 0 Å². The molecule has 1 saturated heterocycles. The first-order valence-corrected chi connectivity index (χ1v) is 12.5. The van der Waals surface area contributed by atoms with Crippen LogP contribution in [-0.2, 0) is 35.1 Å². The summed E-state index contributed by atoms with van der Waals surface area (Å²) in [6.45, 7) is 2.74. The van der Waals surface area contributed by atoms with Gasteiger partial charge in [-0.1, -0.05) is 6.07 Å². The molecule has 1 heterocycles. The fraction of sp³-hybridized carbons (Fsp3) is 0.560. The first-order valence-electron chi connectivity index (χ1n) is 12.5. The van der Waals surface area contributed by atoms with E-state index >= 15 is 0 Å². The Morgan fingerprint density at radius 2 is 1.84 bits per heavy atom. The van der Waals surface area contributed by atoms with E-state index in [1.807, 2.05) is 0 Å². The third-order valence-electron chi connectivity index (χ3n) is 6.97. The number of phenolic OH excluding ortho intramolecular Hbond substituents is 1. The van der Waals surface area contributed by atoms with Crippen molar-refractivity contribution in [2.24, 2.45) is 11.7 Å². The molecule has 0 radical (unpaired) electrons. The van der Waals surface area contributed by atoms with Gasteiger partial charge in [0.2, 0.25) is 17.7 Å². The van der Waals surface area contributed by atoms with Crippen molar-refractivity contribution >= 4 is 29.7 Å². The second-order valence-electron chi connectivity index (χ2n) is 9.87. The highest BCUT2D eigenvalue weighted by atomic mass is 16.5. The Morgan fingerprint density at radius 3 is 2.47 bits per heavy atom. The Hall–Kier alpha value is -3.71. The fourth-order valence-corrected chi connectivity index (χ4v) is 4.78. The lowest BCUT2D eigenvalue weighted by Gasteiger charge is -2.42. The molecule has 0 spiro atoms. The number of aliphatic carboxylic acids is 1. The number of rotatable bonds is 9. The molecule has 0 aromatic heterocycles. The van der Waals surface area contributed by atoms with E-state index in [1.165, 1.54) is 33.1 Å². The number of hydrogen-bond donors (Lipinski definition) is 7. The predicted molar refractivity (Wildman–Crippen MR) is 134 cm³/mol. The summed E-state index contributed by atoms with van der Waals surface area (Å²) >= 11 is 0. The van der Waals surface area contributed by atoms with Crippen molar-refractivity contribution in [3.05, 3.63) is 29.3 Å². The zero-order valence-corrected chi connectivity index (χ0v) is 21.5. The van der Waals surface area contributed by atoms with Crippen molar-refractivity contribution in [3.63, 3.8) is 0 Å². The van der Waals surface area contributed by atoms with Gasteiger partial charge in [-0.2, -0.15) is 0 Å². The van der Waals surface area contributed by atoms with Crippen LogP contribution >= 0.6 is 0 Å². The monoisotopic (exact) mass is 533 g/mol. The van der Waals surface area contributed by atoms with Gasteiger partial charge in [0.1, 0.15) is 23.9 Å². The van der Waals surface area contributed by atoms with E-state index in [2.05, 4.69) is 21.3 Å². The summed E-state index contributed by atoms with van der Waals surface area (Å²) in [5.41, 5.74) is 6.38. The number of aromatic hydroxyl groups is 1. The van der Waals surface area contributed by atoms with Crippen LogP contribution in [0, 0.1) is 5.92 Å². The van der Waals surface area contributed by atoms with Crippen molar-refractivity contribution in [1.29, 1.82) is 0 Å². The number of ether oxygens (including phenoxy) is 1. The normalized spacial score (nSPS) is 25.1. The number of carbonyl (C=O) groups is 5. The number of benzene rings is 1. The van der Waals surface area contributed by atoms with Crippen LogP contribution in [0.25, 0.3) is 0 Å². The van der Waals surface area contributed by atoms with E-state index in [9.17, 15) is 29.1 Å². The Kier molecular flexibility index (Phi) is 9.28. The molecule has 0 bridgehead atoms. The van der Waals surface area contributed by atoms with Gasteiger partial charge in [-0.25, -0.2) is 0 Å². The van der Waals surface area contributed by atoms with Crippen LogP contribution in [0.4, 0.5) is 0 Å². The van der Waals surface area contributed by atoms with Gasteiger partial charge in [0.15, 0.2) is 0 Å². The summed E-state index contributed by atoms with van der Waals surface area (Å²) < 4.78 is 4.88. The SMILES string of the molecule is COC(=O)C1CCC2NC(=O)C(c3cc(C[C@H](NC(=O)[C@H](C)N)C(=O)N[C@@H](C)C(=O)O)ccc3O)NC2C1. The molecule has 1 aliphatic carbocycles. The molecular weight excluding hydrogens is 498 g/mol. The molecule has 7 atom stereocenters. The number of carboxylic acids is 1. The molecule has 1 aromatic rings. The lowest BCUT2D eigenvalue weighted by atomic mass is 9.80. The minimum Gasteiger partial charge on any atom is -0.508 e. The van der Waals surface area contributed by atoms with Crippen LogP contribution < -0.4 is 27.0 Å². The molecule has 1 saturated carbocycles. The summed E-state index contributed by atoms with van der Waals surface area (Å²) in [4.78, 5) is 61.2. The quantitative estimate of drug-likeness (QED) is 0.189. The Balaban J connectivity index is 1.82. The number of fused-ring (bicyclic) bond motifs is 1. The van der Waals surface area contributed by atoms with Crippen LogP contribution in [0.2, 0.25) is 0 Å². The number of esters is 1. The number of carboxylic acid groups (broad SMARTS) is 1. The molecule has 208 valence electrons. The Labute approximate surface area is 219 Å². The molecule has 13 heteroatoms. The van der Waals surface area contributed by atoms with Gasteiger partial charge in [-0.15, -0.1) is 0 Å². The van der Waals surface area contributed by atoms with Gasteiger partial charge in [-0.3, -0.25) is 29.3 Å². The molecule has 2 aliphatic rings. The lowest BCUT2D eigenvalue weighted by molar-refractivity contribution is -0.147. The molecule has 4 unspecified atom stereocenters. The summed E-state index contributed by atoms with van der Waals surface area (Å²) in [6.07, 6.45) is 1.60. The number of hydrogen-bond acceptors (Lipinski definition) is 9. The molecule has 2 fully saturated rings. The smallest absolute Gasteiger partial charge is 0.325 e. The van der Waals surface area contributed by atoms with Gasteiger partial charge in [0.05, 0.1) is 19.1 Å². The van der Waals surface area contributed by atoms with E-state index in [-0.39, 0.29) is 47.6 Å². The van der Waals surface area contributed by atoms with E-state index in [0.717, 1.165) is 0 Å². The minimum atomic E-state index is -1.24. The average molecular weight is 534 g/mol. The molecule has 13 nitrogen and oxygen atoms in total. The highest BCUT2D eigenvalue weighted by Gasteiger charge is 2.42. The second-order valence-corrected chi connectivity index (χ2v) is 9.87. The first kappa shape index (κ1) is 28.9. The number of phenols is 1. The number of methoxy groups -OCH3 is 1. The van der Waals surface area contributed by atoms with Crippen molar-refractivity contribution in [2.75, 3.05) is 7.11 Å². The highest BCUT2D eigenvalue weighted by molar-refractivity contribution is 5.91. The molecule has 1 aliphatic heterocycles. The number of amides is 3. The van der Waals surface area contributed by atoms with Crippen LogP contribution in [0.5, 0.6) is 5.75 Å². The third kappa shape index (κ3) is 6.78. The number of nitrogens with one attached hydrogen (secondary N) is 4. The summed E-state index contributed by atoms with van der Waals surface area (Å²) in [5, 5.41) is 30.8. The van der Waals surface area contributed by atoms with Gasteiger partial charge < -0.3 is 36.6 Å². The summed E-state index contributed by atoms with van der Waals surface area (Å²) in [6, 6.07) is -0.115. The summed E-state index contributed by atoms with van der Waals surface area (Å²) in [5.74, 6) is -3.68. The van der Waals surface area contributed by atoms with E-state index in [4.69, 9.17) is 15.6 Å². The summed E-state index contributed by atoms with van der Waals surface area (Å²) in [7, 11) is 1.34. The second kappa shape index (κ2) is 12.2. The van der Waals surface area contributed by atoms with Crippen molar-refractivity contribution < 1.29 is 38.9 Å². The maximum atomic E-state index is 13.0. The standard InChI is InChI=1S/C25H35N5O8/c1-11(26)21(32)30-18(22(33)27-12(2)24(35)36)9-13-4-7-19(31)15(8-13)20-23(34)29-16-6-5-14(25(37)38-3)10-17(16)28-20/h4,7-8,11-12,14,16-18,20,28,31H,5-6,9-10,26H2,1-3H3,(H,27,33)(H,29,34)(H,30,32)(H,35,36)/t11-,12-,14?,16?,17?,18-,20?/m0/s1. The van der Waals surface area contributed by atoms with Gasteiger partial charge >= 0.3 is 11.9 Å². The fourth-order valence-electron chi connectivity index (χ4n) is 4.78. The van der Waals surface area contributed by atoms with Crippen LogP contribution in [0.1, 0.15) is 50.3 Å². The predicted octanol–water partition coefficient (Wildman–Crippen LogP) is -1.17. The highest BCUT2D eigenvalue weighted by Crippen LogP contribution is 2.34. The molecule has 3 amide bonds. The van der Waals surface area contributed by atoms with Crippen LogP contribution in [0.3, 0.4) is 0 Å². The third-order valence-corrected chi connectivity index (χ3v) is 6.97. The zero-order valence-electron chi connectivity index (χ0n) is 21.5. The Morgan fingerprint density at radius 1 is 1.13 bits per heavy atom. The maximum Gasteiger partial charge on any atom is 0.325 e. The topological polar surface area (TPSA) is 209 Å². The van der Waals surface area contributed by atoms with Crippen molar-refractivity contribution in [2.45, 2.75) is 75.8 Å². The van der Waals surface area contributed by atoms with Gasteiger partial charge in [0, 0.05) is 24.1 Å². The zero-order chi connectivity index (χ0) is 28.1. The largest absolute Gasteiger partial charge is 0.508 e. The van der Waals surface area contributed by atoms with Crippen LogP contribution in [0.15, 0.2) is 18.2 Å². The van der Waals surface area contributed by atoms with Crippen molar-refractivity contribution in [3.8, 4) is 5.75 Å². The minimum absolute atomic E-state index is 0.0608. The number of piperazine rings is 1. The molecule has 3 rings (SSSR count). The first-order chi connectivity index (χ1) is 17.9. The van der Waals surface area contributed by atoms with Crippen molar-refractivity contribution in [1.82, 2.24) is 21.3 Å².